The quantitative estimate of drug-likeness (QED) is 0.831. The highest BCUT2D eigenvalue weighted by molar-refractivity contribution is 9.10. The first-order valence-corrected chi connectivity index (χ1v) is 6.28. The number of hydrogen-bond donors (Lipinski definition) is 1. The Labute approximate surface area is 117 Å². The molecule has 0 aromatic heterocycles. The van der Waals surface area contributed by atoms with Gasteiger partial charge in [0.05, 0.1) is 13.0 Å². The van der Waals surface area contributed by atoms with Gasteiger partial charge in [0.15, 0.2) is 0 Å². The summed E-state index contributed by atoms with van der Waals surface area (Å²) in [7, 11) is 0. The van der Waals surface area contributed by atoms with Gasteiger partial charge < -0.3 is 10.1 Å². The van der Waals surface area contributed by atoms with E-state index in [2.05, 4.69) is 26.0 Å². The van der Waals surface area contributed by atoms with Crippen molar-refractivity contribution in [2.75, 3.05) is 18.5 Å². The lowest BCUT2D eigenvalue weighted by atomic mass is 10.2. The van der Waals surface area contributed by atoms with Crippen molar-refractivity contribution >= 4 is 27.5 Å². The summed E-state index contributed by atoms with van der Waals surface area (Å²) in [6.07, 6.45) is -4.49. The summed E-state index contributed by atoms with van der Waals surface area (Å²) in [5, 5.41) is 2.62. The van der Waals surface area contributed by atoms with Gasteiger partial charge in [-0.3, -0.25) is 4.79 Å². The second-order valence-corrected chi connectivity index (χ2v) is 4.73. The summed E-state index contributed by atoms with van der Waals surface area (Å²) in [6, 6.07) is 5.30. The third-order valence-electron chi connectivity index (χ3n) is 2.28. The second kappa shape index (κ2) is 6.91. The largest absolute Gasteiger partial charge is 0.411 e. The Morgan fingerprint density at radius 3 is 2.74 bits per heavy atom. The molecule has 1 N–H and O–H groups in total. The first-order valence-electron chi connectivity index (χ1n) is 5.49. The highest BCUT2D eigenvalue weighted by atomic mass is 79.9. The molecule has 3 nitrogen and oxygen atoms in total. The molecule has 0 saturated heterocycles. The fraction of sp³-hybridized carbons (Fsp3) is 0.417. The molecule has 0 heterocycles. The number of carbonyl (C=O) groups is 1. The molecule has 1 amide bonds. The lowest BCUT2D eigenvalue weighted by Crippen LogP contribution is -2.20. The minimum Gasteiger partial charge on any atom is -0.372 e. The number of alkyl halides is 3. The van der Waals surface area contributed by atoms with Crippen LogP contribution in [-0.2, 0) is 9.53 Å². The number of halogens is 4. The average molecular weight is 340 g/mol. The molecule has 0 aliphatic heterocycles. The molecule has 0 radical (unpaired) electrons. The normalized spacial score (nSPS) is 11.4. The molecule has 0 aliphatic carbocycles. The molecule has 0 fully saturated rings. The molecular formula is C12H13BrF3NO2. The Morgan fingerprint density at radius 2 is 2.11 bits per heavy atom. The molecule has 0 spiro atoms. The molecule has 0 bridgehead atoms. The van der Waals surface area contributed by atoms with Crippen molar-refractivity contribution < 1.29 is 22.7 Å². The van der Waals surface area contributed by atoms with Crippen molar-refractivity contribution in [3.63, 3.8) is 0 Å². The number of anilines is 1. The Hall–Kier alpha value is -1.08. The third-order valence-corrected chi connectivity index (χ3v) is 3.14. The van der Waals surface area contributed by atoms with E-state index in [1.54, 1.807) is 12.1 Å². The molecule has 19 heavy (non-hydrogen) atoms. The van der Waals surface area contributed by atoms with E-state index in [1.807, 2.05) is 13.0 Å². The van der Waals surface area contributed by atoms with Crippen LogP contribution in [-0.4, -0.2) is 25.3 Å². The van der Waals surface area contributed by atoms with Gasteiger partial charge in [0.25, 0.3) is 0 Å². The summed E-state index contributed by atoms with van der Waals surface area (Å²) in [5.41, 5.74) is 1.47. The molecule has 1 rings (SSSR count). The summed E-state index contributed by atoms with van der Waals surface area (Å²) in [6.45, 7) is 0.217. The summed E-state index contributed by atoms with van der Waals surface area (Å²) in [4.78, 5) is 11.5. The Kier molecular flexibility index (Phi) is 5.81. The number of carbonyl (C=O) groups excluding carboxylic acids is 1. The van der Waals surface area contributed by atoms with Crippen molar-refractivity contribution in [3.05, 3.63) is 28.2 Å². The van der Waals surface area contributed by atoms with Gasteiger partial charge in [-0.25, -0.2) is 0 Å². The Balaban J connectivity index is 2.38. The maximum absolute atomic E-state index is 11.8. The molecule has 106 valence electrons. The lowest BCUT2D eigenvalue weighted by Gasteiger charge is -2.10. The van der Waals surface area contributed by atoms with Gasteiger partial charge in [-0.05, 0) is 24.6 Å². The van der Waals surface area contributed by atoms with E-state index in [1.165, 1.54) is 0 Å². The molecular weight excluding hydrogens is 327 g/mol. The van der Waals surface area contributed by atoms with Crippen molar-refractivity contribution in [2.45, 2.75) is 19.5 Å². The van der Waals surface area contributed by atoms with Crippen LogP contribution >= 0.6 is 15.9 Å². The minimum atomic E-state index is -4.36. The van der Waals surface area contributed by atoms with Crippen molar-refractivity contribution in [2.24, 2.45) is 0 Å². The molecule has 0 unspecified atom stereocenters. The predicted molar refractivity (Wildman–Crippen MR) is 69.0 cm³/mol. The SMILES string of the molecule is Cc1c(Br)cccc1NC(=O)CCOCC(F)(F)F. The van der Waals surface area contributed by atoms with E-state index in [-0.39, 0.29) is 18.9 Å². The molecule has 0 atom stereocenters. The topological polar surface area (TPSA) is 38.3 Å². The zero-order valence-corrected chi connectivity index (χ0v) is 11.8. The molecule has 7 heteroatoms. The molecule has 0 saturated carbocycles. The van der Waals surface area contributed by atoms with Crippen LogP contribution in [0, 0.1) is 6.92 Å². The van der Waals surface area contributed by atoms with Crippen molar-refractivity contribution in [3.8, 4) is 0 Å². The Morgan fingerprint density at radius 1 is 1.42 bits per heavy atom. The van der Waals surface area contributed by atoms with Crippen LogP contribution in [0.15, 0.2) is 22.7 Å². The maximum atomic E-state index is 11.8. The van der Waals surface area contributed by atoms with E-state index in [9.17, 15) is 18.0 Å². The van der Waals surface area contributed by atoms with Crippen molar-refractivity contribution in [1.82, 2.24) is 0 Å². The number of rotatable bonds is 5. The first-order chi connectivity index (χ1) is 8.79. The van der Waals surface area contributed by atoms with Crippen LogP contribution in [0.25, 0.3) is 0 Å². The van der Waals surface area contributed by atoms with Gasteiger partial charge in [-0.2, -0.15) is 13.2 Å². The van der Waals surface area contributed by atoms with Gasteiger partial charge in [-0.1, -0.05) is 22.0 Å². The van der Waals surface area contributed by atoms with Crippen LogP contribution in [0.3, 0.4) is 0 Å². The van der Waals surface area contributed by atoms with E-state index >= 15 is 0 Å². The fourth-order valence-corrected chi connectivity index (χ4v) is 1.67. The maximum Gasteiger partial charge on any atom is 0.411 e. The van der Waals surface area contributed by atoms with Gasteiger partial charge in [0.1, 0.15) is 6.61 Å². The lowest BCUT2D eigenvalue weighted by molar-refractivity contribution is -0.174. The summed E-state index contributed by atoms with van der Waals surface area (Å²) < 4.78 is 40.6. The van der Waals surface area contributed by atoms with Gasteiger partial charge in [-0.15, -0.1) is 0 Å². The van der Waals surface area contributed by atoms with Gasteiger partial charge in [0, 0.05) is 10.2 Å². The predicted octanol–water partition coefficient (Wildman–Crippen LogP) is 3.67. The smallest absolute Gasteiger partial charge is 0.372 e. The van der Waals surface area contributed by atoms with E-state index in [4.69, 9.17) is 0 Å². The number of hydrogen-bond acceptors (Lipinski definition) is 2. The molecule has 0 aliphatic rings. The molecule has 1 aromatic rings. The van der Waals surface area contributed by atoms with Crippen LogP contribution < -0.4 is 5.32 Å². The third kappa shape index (κ3) is 6.07. The van der Waals surface area contributed by atoms with E-state index in [0.717, 1.165) is 10.0 Å². The number of amides is 1. The summed E-state index contributed by atoms with van der Waals surface area (Å²) in [5.74, 6) is -0.386. The number of ether oxygens (including phenoxy) is 1. The Bertz CT molecular complexity index is 449. The van der Waals surface area contributed by atoms with Crippen LogP contribution in [0.4, 0.5) is 18.9 Å². The highest BCUT2D eigenvalue weighted by Gasteiger charge is 2.27. The summed E-state index contributed by atoms with van der Waals surface area (Å²) >= 11 is 3.32. The number of nitrogens with one attached hydrogen (secondary N) is 1. The van der Waals surface area contributed by atoms with Gasteiger partial charge in [0.2, 0.25) is 5.91 Å². The second-order valence-electron chi connectivity index (χ2n) is 3.88. The zero-order chi connectivity index (χ0) is 14.5. The minimum absolute atomic E-state index is 0.123. The average Bonchev–Trinajstić information content (AvgIpc) is 2.29. The van der Waals surface area contributed by atoms with Crippen LogP contribution in [0.2, 0.25) is 0 Å². The monoisotopic (exact) mass is 339 g/mol. The van der Waals surface area contributed by atoms with Gasteiger partial charge >= 0.3 is 6.18 Å². The van der Waals surface area contributed by atoms with Crippen LogP contribution in [0.1, 0.15) is 12.0 Å². The number of benzene rings is 1. The van der Waals surface area contributed by atoms with Crippen molar-refractivity contribution in [1.29, 1.82) is 0 Å². The first kappa shape index (κ1) is 16.0. The highest BCUT2D eigenvalue weighted by Crippen LogP contribution is 2.23. The van der Waals surface area contributed by atoms with E-state index in [0.29, 0.717) is 5.69 Å². The molecule has 1 aromatic carbocycles. The fourth-order valence-electron chi connectivity index (χ4n) is 1.31. The van der Waals surface area contributed by atoms with Crippen LogP contribution in [0.5, 0.6) is 0 Å². The zero-order valence-electron chi connectivity index (χ0n) is 10.2. The van der Waals surface area contributed by atoms with E-state index < -0.39 is 12.8 Å². The standard InChI is InChI=1S/C12H13BrF3NO2/c1-8-9(13)3-2-4-10(8)17-11(18)5-6-19-7-12(14,15)16/h2-4H,5-7H2,1H3,(H,17,18).